The molecule has 2 atom stereocenters. The molecule has 1 unspecified atom stereocenters. The number of carbonyl (C=O) groups is 3. The molecule has 0 bridgehead atoms. The average Bonchev–Trinajstić information content (AvgIpc) is 2.93. The highest BCUT2D eigenvalue weighted by atomic mass is 32.1. The Balaban J connectivity index is 1.86. The number of thiol groups is 1. The van der Waals surface area contributed by atoms with Gasteiger partial charge in [-0.15, -0.1) is 20.4 Å². The van der Waals surface area contributed by atoms with E-state index in [0.717, 1.165) is 5.56 Å². The van der Waals surface area contributed by atoms with E-state index >= 15 is 0 Å². The van der Waals surface area contributed by atoms with Gasteiger partial charge in [-0.3, -0.25) is 10.1 Å². The number of hydrogen-bond acceptors (Lipinski definition) is 11. The van der Waals surface area contributed by atoms with Crippen LogP contribution in [0, 0.1) is 5.41 Å². The fourth-order valence-corrected chi connectivity index (χ4v) is 3.46. The van der Waals surface area contributed by atoms with Gasteiger partial charge >= 0.3 is 12.2 Å². The van der Waals surface area contributed by atoms with Gasteiger partial charge in [-0.1, -0.05) is 51.1 Å². The van der Waals surface area contributed by atoms with Crippen LogP contribution in [0.3, 0.4) is 0 Å². The van der Waals surface area contributed by atoms with Crippen LogP contribution in [0.5, 0.6) is 0 Å². The molecule has 220 valence electrons. The van der Waals surface area contributed by atoms with Crippen LogP contribution in [-0.2, 0) is 14.3 Å². The summed E-state index contributed by atoms with van der Waals surface area (Å²) in [5, 5.41) is 19.4. The SMILES string of the molecule is CC(OC(=O)N(C)CCN(C)C(=O)OC[C@@H](NC(C)(C)CS)C(=O)C(C)(C)C)c1nnc(-c2ccccc2)nn1. The molecule has 12 nitrogen and oxygen atoms in total. The third-order valence-electron chi connectivity index (χ3n) is 5.95. The van der Waals surface area contributed by atoms with Crippen molar-refractivity contribution < 1.29 is 23.9 Å². The van der Waals surface area contributed by atoms with Crippen molar-refractivity contribution >= 4 is 30.6 Å². The molecule has 0 saturated heterocycles. The summed E-state index contributed by atoms with van der Waals surface area (Å²) >= 11 is 4.34. The minimum absolute atomic E-state index is 0.0708. The topological polar surface area (TPSA) is 140 Å². The second-order valence-corrected chi connectivity index (χ2v) is 11.6. The number of benzene rings is 1. The molecule has 1 heterocycles. The molecule has 0 aliphatic carbocycles. The van der Waals surface area contributed by atoms with Gasteiger partial charge in [0.25, 0.3) is 0 Å². The molecule has 40 heavy (non-hydrogen) atoms. The molecule has 1 aromatic carbocycles. The minimum Gasteiger partial charge on any atom is -0.447 e. The predicted octanol–water partition coefficient (Wildman–Crippen LogP) is 3.41. The first-order chi connectivity index (χ1) is 18.6. The van der Waals surface area contributed by atoms with Crippen molar-refractivity contribution in [1.29, 1.82) is 0 Å². The summed E-state index contributed by atoms with van der Waals surface area (Å²) in [5.74, 6) is 0.952. The molecule has 1 aromatic heterocycles. The summed E-state index contributed by atoms with van der Waals surface area (Å²) in [6.07, 6.45) is -2.02. The van der Waals surface area contributed by atoms with Crippen LogP contribution < -0.4 is 5.32 Å². The lowest BCUT2D eigenvalue weighted by molar-refractivity contribution is -0.130. The molecule has 2 rings (SSSR count). The van der Waals surface area contributed by atoms with Crippen molar-refractivity contribution in [1.82, 2.24) is 35.5 Å². The molecule has 0 aliphatic heterocycles. The highest BCUT2D eigenvalue weighted by Gasteiger charge is 2.34. The molecule has 1 N–H and O–H groups in total. The van der Waals surface area contributed by atoms with Crippen molar-refractivity contribution in [3.63, 3.8) is 0 Å². The highest BCUT2D eigenvalue weighted by Crippen LogP contribution is 2.19. The normalized spacial score (nSPS) is 13.2. The summed E-state index contributed by atoms with van der Waals surface area (Å²) in [6, 6.07) is 8.60. The van der Waals surface area contributed by atoms with Gasteiger partial charge in [-0.2, -0.15) is 12.6 Å². The Labute approximate surface area is 241 Å². The van der Waals surface area contributed by atoms with E-state index in [-0.39, 0.29) is 31.3 Å². The predicted molar refractivity (Wildman–Crippen MR) is 154 cm³/mol. The van der Waals surface area contributed by atoms with Crippen LogP contribution in [0.2, 0.25) is 0 Å². The van der Waals surface area contributed by atoms with Gasteiger partial charge in [0.1, 0.15) is 12.6 Å². The molecule has 13 heteroatoms. The Morgan fingerprint density at radius 3 is 2.00 bits per heavy atom. The minimum atomic E-state index is -0.784. The van der Waals surface area contributed by atoms with Crippen molar-refractivity contribution in [2.24, 2.45) is 5.41 Å². The van der Waals surface area contributed by atoms with Crippen molar-refractivity contribution in [2.75, 3.05) is 39.5 Å². The summed E-state index contributed by atoms with van der Waals surface area (Å²) in [4.78, 5) is 40.8. The number of hydrogen-bond donors (Lipinski definition) is 2. The smallest absolute Gasteiger partial charge is 0.410 e. The second-order valence-electron chi connectivity index (χ2n) is 11.2. The van der Waals surface area contributed by atoms with Crippen LogP contribution in [0.4, 0.5) is 9.59 Å². The van der Waals surface area contributed by atoms with Crippen molar-refractivity contribution in [3.05, 3.63) is 36.2 Å². The van der Waals surface area contributed by atoms with Gasteiger partial charge in [0.15, 0.2) is 11.9 Å². The molecule has 0 aliphatic rings. The van der Waals surface area contributed by atoms with E-state index in [4.69, 9.17) is 9.47 Å². The molecule has 0 spiro atoms. The number of Topliss-reactive ketones (excluding diaryl/α,β-unsaturated/α-hetero) is 1. The standard InChI is InChI=1S/C27H41N7O5S/c1-18(22-29-31-23(32-30-22)19-12-10-9-11-13-19)39-25(37)34(8)15-14-33(7)24(36)38-16-20(21(35)26(2,3)4)28-27(5,6)17-40/h9-13,18,20,28,40H,14-17H2,1-8H3/t18?,20-/m1/s1. The molecular formula is C27H41N7O5S. The lowest BCUT2D eigenvalue weighted by atomic mass is 9.86. The summed E-state index contributed by atoms with van der Waals surface area (Å²) in [6.45, 7) is 11.2. The lowest BCUT2D eigenvalue weighted by Crippen LogP contribution is -2.55. The zero-order chi connectivity index (χ0) is 30.1. The largest absolute Gasteiger partial charge is 0.447 e. The number of nitrogens with zero attached hydrogens (tertiary/aromatic N) is 6. The van der Waals surface area contributed by atoms with Crippen LogP contribution >= 0.6 is 12.6 Å². The zero-order valence-electron chi connectivity index (χ0n) is 24.5. The summed E-state index contributed by atoms with van der Waals surface area (Å²) in [5.41, 5.74) is -0.284. The molecule has 0 fully saturated rings. The van der Waals surface area contributed by atoms with E-state index in [1.807, 2.05) is 65.0 Å². The van der Waals surface area contributed by atoms with Crippen LogP contribution in [0.1, 0.15) is 53.5 Å². The van der Waals surface area contributed by atoms with E-state index in [0.29, 0.717) is 11.6 Å². The maximum absolute atomic E-state index is 12.9. The number of rotatable bonds is 12. The molecular weight excluding hydrogens is 534 g/mol. The van der Waals surface area contributed by atoms with Gasteiger partial charge in [-0.25, -0.2) is 9.59 Å². The lowest BCUT2D eigenvalue weighted by Gasteiger charge is -2.33. The number of ether oxygens (including phenoxy) is 2. The van der Waals surface area contributed by atoms with E-state index in [9.17, 15) is 14.4 Å². The number of amides is 2. The van der Waals surface area contributed by atoms with Crippen LogP contribution in [-0.4, -0.2) is 99.3 Å². The molecule has 0 saturated carbocycles. The Bertz CT molecular complexity index is 1130. The van der Waals surface area contributed by atoms with Crippen molar-refractivity contribution in [3.8, 4) is 11.4 Å². The number of aromatic nitrogens is 4. The second kappa shape index (κ2) is 14.4. The molecule has 2 amide bonds. The van der Waals surface area contributed by atoms with E-state index < -0.39 is 35.3 Å². The maximum Gasteiger partial charge on any atom is 0.410 e. The van der Waals surface area contributed by atoms with Crippen molar-refractivity contribution in [2.45, 2.75) is 59.2 Å². The number of likely N-dealkylation sites (N-methyl/N-ethyl adjacent to an activating group) is 2. The van der Waals surface area contributed by atoms with Gasteiger partial charge in [-0.05, 0) is 20.8 Å². The zero-order valence-corrected chi connectivity index (χ0v) is 25.4. The van der Waals surface area contributed by atoms with E-state index in [2.05, 4.69) is 38.3 Å². The number of carbonyl (C=O) groups excluding carboxylic acids is 3. The van der Waals surface area contributed by atoms with Gasteiger partial charge < -0.3 is 19.3 Å². The quantitative estimate of drug-likeness (QED) is 0.362. The molecule has 0 radical (unpaired) electrons. The summed E-state index contributed by atoms with van der Waals surface area (Å²) in [7, 11) is 3.10. The Kier molecular flexibility index (Phi) is 11.8. The van der Waals surface area contributed by atoms with Crippen LogP contribution in [0.25, 0.3) is 11.4 Å². The van der Waals surface area contributed by atoms with E-state index in [1.54, 1.807) is 21.0 Å². The monoisotopic (exact) mass is 575 g/mol. The third-order valence-corrected chi connectivity index (χ3v) is 6.74. The van der Waals surface area contributed by atoms with Crippen LogP contribution in [0.15, 0.2) is 30.3 Å². The molecule has 2 aromatic rings. The third kappa shape index (κ3) is 10.0. The van der Waals surface area contributed by atoms with Gasteiger partial charge in [0, 0.05) is 49.5 Å². The Hall–Kier alpha value is -3.32. The number of ketones is 1. The highest BCUT2D eigenvalue weighted by molar-refractivity contribution is 7.80. The summed E-state index contributed by atoms with van der Waals surface area (Å²) < 4.78 is 10.9. The average molecular weight is 576 g/mol. The first kappa shape index (κ1) is 32.9. The first-order valence-electron chi connectivity index (χ1n) is 13.0. The van der Waals surface area contributed by atoms with Gasteiger partial charge in [0.05, 0.1) is 0 Å². The fraction of sp³-hybridized carbons (Fsp3) is 0.593. The Morgan fingerprint density at radius 2 is 1.48 bits per heavy atom. The maximum atomic E-state index is 12.9. The van der Waals surface area contributed by atoms with Gasteiger partial charge in [0.2, 0.25) is 11.6 Å². The number of nitrogens with one attached hydrogen (secondary N) is 1. The Morgan fingerprint density at radius 1 is 0.925 bits per heavy atom. The van der Waals surface area contributed by atoms with E-state index in [1.165, 1.54) is 9.80 Å². The fourth-order valence-electron chi connectivity index (χ4n) is 3.37. The first-order valence-corrected chi connectivity index (χ1v) is 13.6.